The van der Waals surface area contributed by atoms with Crippen molar-refractivity contribution in [2.75, 3.05) is 18.4 Å². The first-order valence-electron chi connectivity index (χ1n) is 9.01. The van der Waals surface area contributed by atoms with E-state index in [0.29, 0.717) is 16.8 Å². The molecule has 0 radical (unpaired) electrons. The van der Waals surface area contributed by atoms with Crippen molar-refractivity contribution < 1.29 is 14.3 Å². The second-order valence-corrected chi connectivity index (χ2v) is 6.69. The highest BCUT2D eigenvalue weighted by atomic mass is 16.5. The van der Waals surface area contributed by atoms with E-state index in [1.54, 1.807) is 36.4 Å². The fraction of sp³-hybridized carbons (Fsp3) is 0.333. The Morgan fingerprint density at radius 1 is 1.00 bits per heavy atom. The quantitative estimate of drug-likeness (QED) is 0.886. The number of hydrogen-bond donors (Lipinski definition) is 1. The third-order valence-electron chi connectivity index (χ3n) is 4.29. The fourth-order valence-corrected chi connectivity index (χ4v) is 3.02. The monoisotopic (exact) mass is 352 g/mol. The van der Waals surface area contributed by atoms with Crippen molar-refractivity contribution in [3.8, 4) is 5.75 Å². The van der Waals surface area contributed by atoms with Gasteiger partial charge >= 0.3 is 0 Å². The highest BCUT2D eigenvalue weighted by molar-refractivity contribution is 6.09. The SMILES string of the molecule is CC(C)Oc1ccc(C(=O)Nc2ccccc2C(=O)N2CCCC2)cc1. The fourth-order valence-electron chi connectivity index (χ4n) is 3.02. The summed E-state index contributed by atoms with van der Waals surface area (Å²) in [5, 5.41) is 2.86. The first kappa shape index (κ1) is 18.0. The van der Waals surface area contributed by atoms with Gasteiger partial charge in [-0.1, -0.05) is 12.1 Å². The summed E-state index contributed by atoms with van der Waals surface area (Å²) in [4.78, 5) is 27.1. The zero-order valence-electron chi connectivity index (χ0n) is 15.2. The number of nitrogens with one attached hydrogen (secondary N) is 1. The Labute approximate surface area is 154 Å². The maximum atomic E-state index is 12.7. The van der Waals surface area contributed by atoms with E-state index in [0.717, 1.165) is 31.7 Å². The standard InChI is InChI=1S/C21H24N2O3/c1-15(2)26-17-11-9-16(10-12-17)20(24)22-19-8-4-3-7-18(19)21(25)23-13-5-6-14-23/h3-4,7-12,15H,5-6,13-14H2,1-2H3,(H,22,24). The molecule has 26 heavy (non-hydrogen) atoms. The van der Waals surface area contributed by atoms with E-state index in [2.05, 4.69) is 5.32 Å². The van der Waals surface area contributed by atoms with Gasteiger partial charge in [-0.3, -0.25) is 9.59 Å². The molecule has 2 aromatic carbocycles. The second kappa shape index (κ2) is 8.04. The summed E-state index contributed by atoms with van der Waals surface area (Å²) in [6, 6.07) is 14.1. The molecule has 1 fully saturated rings. The Kier molecular flexibility index (Phi) is 5.56. The van der Waals surface area contributed by atoms with Crippen LogP contribution in [0.5, 0.6) is 5.75 Å². The summed E-state index contributed by atoms with van der Waals surface area (Å²) in [5.41, 5.74) is 1.59. The minimum atomic E-state index is -0.247. The van der Waals surface area contributed by atoms with Crippen LogP contribution in [0.3, 0.4) is 0 Å². The lowest BCUT2D eigenvalue weighted by Gasteiger charge is -2.18. The summed E-state index contributed by atoms with van der Waals surface area (Å²) in [5.74, 6) is 0.447. The predicted molar refractivity (Wildman–Crippen MR) is 102 cm³/mol. The van der Waals surface area contributed by atoms with E-state index in [4.69, 9.17) is 4.74 Å². The normalized spacial score (nSPS) is 13.7. The number of ether oxygens (including phenoxy) is 1. The van der Waals surface area contributed by atoms with Gasteiger partial charge < -0.3 is 15.0 Å². The number of anilines is 1. The van der Waals surface area contributed by atoms with Crippen LogP contribution in [0.15, 0.2) is 48.5 Å². The molecule has 0 spiro atoms. The number of carbonyl (C=O) groups excluding carboxylic acids is 2. The Hall–Kier alpha value is -2.82. The number of nitrogens with zero attached hydrogens (tertiary/aromatic N) is 1. The molecule has 136 valence electrons. The predicted octanol–water partition coefficient (Wildman–Crippen LogP) is 3.96. The van der Waals surface area contributed by atoms with E-state index < -0.39 is 0 Å². The molecule has 0 saturated carbocycles. The Morgan fingerprint density at radius 3 is 2.31 bits per heavy atom. The average Bonchev–Trinajstić information content (AvgIpc) is 3.16. The molecule has 1 aliphatic heterocycles. The van der Waals surface area contributed by atoms with Crippen LogP contribution in [0.4, 0.5) is 5.69 Å². The first-order chi connectivity index (χ1) is 12.5. The van der Waals surface area contributed by atoms with Crippen LogP contribution in [-0.2, 0) is 0 Å². The maximum absolute atomic E-state index is 12.7. The lowest BCUT2D eigenvalue weighted by Crippen LogP contribution is -2.28. The minimum Gasteiger partial charge on any atom is -0.491 e. The van der Waals surface area contributed by atoms with Crippen molar-refractivity contribution in [3.05, 3.63) is 59.7 Å². The van der Waals surface area contributed by atoms with Gasteiger partial charge in [0.25, 0.3) is 11.8 Å². The highest BCUT2D eigenvalue weighted by Gasteiger charge is 2.22. The van der Waals surface area contributed by atoms with Crippen molar-refractivity contribution in [2.24, 2.45) is 0 Å². The molecule has 1 aliphatic rings. The minimum absolute atomic E-state index is 0.0286. The van der Waals surface area contributed by atoms with Crippen LogP contribution in [0.25, 0.3) is 0 Å². The summed E-state index contributed by atoms with van der Waals surface area (Å²) in [7, 11) is 0. The van der Waals surface area contributed by atoms with Gasteiger partial charge in [-0.05, 0) is 63.1 Å². The van der Waals surface area contributed by atoms with Crippen molar-refractivity contribution in [2.45, 2.75) is 32.8 Å². The van der Waals surface area contributed by atoms with Crippen LogP contribution in [0, 0.1) is 0 Å². The van der Waals surface area contributed by atoms with Gasteiger partial charge in [0.15, 0.2) is 0 Å². The maximum Gasteiger partial charge on any atom is 0.255 e. The number of para-hydroxylation sites is 1. The summed E-state index contributed by atoms with van der Waals surface area (Å²) < 4.78 is 5.59. The number of carbonyl (C=O) groups is 2. The van der Waals surface area contributed by atoms with Gasteiger partial charge in [0.1, 0.15) is 5.75 Å². The molecular formula is C21H24N2O3. The molecule has 5 heteroatoms. The smallest absolute Gasteiger partial charge is 0.255 e. The second-order valence-electron chi connectivity index (χ2n) is 6.69. The third-order valence-corrected chi connectivity index (χ3v) is 4.29. The van der Waals surface area contributed by atoms with Gasteiger partial charge in [-0.15, -0.1) is 0 Å². The Morgan fingerprint density at radius 2 is 1.65 bits per heavy atom. The number of rotatable bonds is 5. The Bertz CT molecular complexity index is 778. The summed E-state index contributed by atoms with van der Waals surface area (Å²) >= 11 is 0. The van der Waals surface area contributed by atoms with E-state index >= 15 is 0 Å². The molecule has 1 heterocycles. The lowest BCUT2D eigenvalue weighted by molar-refractivity contribution is 0.0794. The van der Waals surface area contributed by atoms with Gasteiger partial charge in [0.2, 0.25) is 0 Å². The average molecular weight is 352 g/mol. The van der Waals surface area contributed by atoms with E-state index in [1.165, 1.54) is 0 Å². The molecule has 0 atom stereocenters. The Balaban J connectivity index is 1.74. The zero-order chi connectivity index (χ0) is 18.5. The van der Waals surface area contributed by atoms with E-state index in [9.17, 15) is 9.59 Å². The molecule has 0 bridgehead atoms. The largest absolute Gasteiger partial charge is 0.491 e. The molecule has 2 amide bonds. The zero-order valence-corrected chi connectivity index (χ0v) is 15.2. The van der Waals surface area contributed by atoms with Crippen molar-refractivity contribution in [1.29, 1.82) is 0 Å². The first-order valence-corrected chi connectivity index (χ1v) is 9.01. The van der Waals surface area contributed by atoms with Crippen LogP contribution < -0.4 is 10.1 Å². The molecule has 1 N–H and O–H groups in total. The molecule has 3 rings (SSSR count). The van der Waals surface area contributed by atoms with Crippen molar-refractivity contribution in [1.82, 2.24) is 4.90 Å². The van der Waals surface area contributed by atoms with Crippen LogP contribution >= 0.6 is 0 Å². The molecular weight excluding hydrogens is 328 g/mol. The molecule has 0 aromatic heterocycles. The van der Waals surface area contributed by atoms with Gasteiger partial charge in [-0.2, -0.15) is 0 Å². The topological polar surface area (TPSA) is 58.6 Å². The summed E-state index contributed by atoms with van der Waals surface area (Å²) in [6.45, 7) is 5.46. The number of hydrogen-bond acceptors (Lipinski definition) is 3. The highest BCUT2D eigenvalue weighted by Crippen LogP contribution is 2.21. The van der Waals surface area contributed by atoms with Crippen LogP contribution in [-0.4, -0.2) is 35.9 Å². The van der Waals surface area contributed by atoms with Crippen molar-refractivity contribution >= 4 is 17.5 Å². The van der Waals surface area contributed by atoms with Crippen LogP contribution in [0.2, 0.25) is 0 Å². The number of benzene rings is 2. The third kappa shape index (κ3) is 4.23. The molecule has 5 nitrogen and oxygen atoms in total. The van der Waals surface area contributed by atoms with E-state index in [1.807, 2.05) is 30.9 Å². The van der Waals surface area contributed by atoms with Gasteiger partial charge in [-0.25, -0.2) is 0 Å². The molecule has 0 aliphatic carbocycles. The number of likely N-dealkylation sites (tertiary alicyclic amines) is 1. The van der Waals surface area contributed by atoms with E-state index in [-0.39, 0.29) is 17.9 Å². The number of amides is 2. The summed E-state index contributed by atoms with van der Waals surface area (Å²) in [6.07, 6.45) is 2.15. The van der Waals surface area contributed by atoms with Gasteiger partial charge in [0.05, 0.1) is 17.4 Å². The molecule has 0 unspecified atom stereocenters. The van der Waals surface area contributed by atoms with Crippen LogP contribution in [0.1, 0.15) is 47.4 Å². The lowest BCUT2D eigenvalue weighted by atomic mass is 10.1. The molecule has 2 aromatic rings. The van der Waals surface area contributed by atoms with Crippen molar-refractivity contribution in [3.63, 3.8) is 0 Å². The molecule has 1 saturated heterocycles. The van der Waals surface area contributed by atoms with Gasteiger partial charge in [0, 0.05) is 18.7 Å².